The molecule has 2 aromatic rings. The minimum atomic E-state index is -0.413. The number of benzene rings is 1. The molecular weight excluding hydrogens is 328 g/mol. The van der Waals surface area contributed by atoms with Gasteiger partial charge in [0.15, 0.2) is 0 Å². The van der Waals surface area contributed by atoms with E-state index in [1.807, 2.05) is 6.07 Å². The number of fused-ring (bicyclic) bond motifs is 1. The van der Waals surface area contributed by atoms with Gasteiger partial charge >= 0.3 is 0 Å². The summed E-state index contributed by atoms with van der Waals surface area (Å²) >= 11 is 0. The number of primary amides is 1. The molecule has 2 aliphatic heterocycles. The molecule has 1 amide bonds. The maximum Gasteiger partial charge on any atom is 0.250 e. The van der Waals surface area contributed by atoms with Gasteiger partial charge < -0.3 is 25.4 Å². The van der Waals surface area contributed by atoms with Crippen LogP contribution in [0.4, 0.5) is 5.95 Å². The Morgan fingerprint density at radius 3 is 2.73 bits per heavy atom. The third-order valence-electron chi connectivity index (χ3n) is 5.49. The fourth-order valence-electron chi connectivity index (χ4n) is 4.09. The molecule has 0 spiro atoms. The van der Waals surface area contributed by atoms with Gasteiger partial charge in [-0.15, -0.1) is 0 Å². The summed E-state index contributed by atoms with van der Waals surface area (Å²) in [4.78, 5) is 21.6. The lowest BCUT2D eigenvalue weighted by Gasteiger charge is -2.23. The SMILES string of the molecule is NC(=O)c1cccc2c1nc(N1CCCNCC1)n2CCN1CCCC1. The van der Waals surface area contributed by atoms with Crippen LogP contribution in [0.1, 0.15) is 29.6 Å². The van der Waals surface area contributed by atoms with E-state index < -0.39 is 5.91 Å². The van der Waals surface area contributed by atoms with Crippen molar-refractivity contribution in [3.63, 3.8) is 0 Å². The van der Waals surface area contributed by atoms with E-state index in [4.69, 9.17) is 10.7 Å². The van der Waals surface area contributed by atoms with Crippen molar-refractivity contribution in [2.45, 2.75) is 25.8 Å². The highest BCUT2D eigenvalue weighted by atomic mass is 16.1. The molecule has 0 atom stereocenters. The van der Waals surface area contributed by atoms with Crippen LogP contribution >= 0.6 is 0 Å². The molecular formula is C19H28N6O. The topological polar surface area (TPSA) is 79.4 Å². The molecule has 0 saturated carbocycles. The second kappa shape index (κ2) is 7.63. The molecule has 0 radical (unpaired) electrons. The summed E-state index contributed by atoms with van der Waals surface area (Å²) in [6.45, 7) is 8.17. The molecule has 1 aromatic carbocycles. The molecule has 4 rings (SSSR count). The zero-order chi connectivity index (χ0) is 17.9. The van der Waals surface area contributed by atoms with Crippen LogP contribution in [-0.4, -0.2) is 66.2 Å². The van der Waals surface area contributed by atoms with Gasteiger partial charge in [-0.1, -0.05) is 6.07 Å². The van der Waals surface area contributed by atoms with Gasteiger partial charge in [0.1, 0.15) is 5.52 Å². The van der Waals surface area contributed by atoms with Gasteiger partial charge in [0.25, 0.3) is 5.91 Å². The number of carbonyl (C=O) groups is 1. The Bertz CT molecular complexity index is 772. The van der Waals surface area contributed by atoms with Crippen LogP contribution in [0.25, 0.3) is 11.0 Å². The second-order valence-electron chi connectivity index (χ2n) is 7.24. The maximum absolute atomic E-state index is 11.9. The summed E-state index contributed by atoms with van der Waals surface area (Å²) in [7, 11) is 0. The van der Waals surface area contributed by atoms with Crippen LogP contribution in [0.2, 0.25) is 0 Å². The fourth-order valence-corrected chi connectivity index (χ4v) is 4.09. The van der Waals surface area contributed by atoms with E-state index in [-0.39, 0.29) is 0 Å². The van der Waals surface area contributed by atoms with E-state index in [1.165, 1.54) is 25.9 Å². The fraction of sp³-hybridized carbons (Fsp3) is 0.579. The highest BCUT2D eigenvalue weighted by molar-refractivity contribution is 6.04. The highest BCUT2D eigenvalue weighted by Gasteiger charge is 2.22. The first kappa shape index (κ1) is 17.3. The van der Waals surface area contributed by atoms with Crippen molar-refractivity contribution in [3.8, 4) is 0 Å². The van der Waals surface area contributed by atoms with Gasteiger partial charge in [0.2, 0.25) is 5.95 Å². The molecule has 0 aliphatic carbocycles. The van der Waals surface area contributed by atoms with E-state index in [9.17, 15) is 4.79 Å². The van der Waals surface area contributed by atoms with Crippen LogP contribution in [0.3, 0.4) is 0 Å². The van der Waals surface area contributed by atoms with Crippen molar-refractivity contribution in [3.05, 3.63) is 23.8 Å². The number of carbonyl (C=O) groups excluding carboxylic acids is 1. The Kier molecular flexibility index (Phi) is 5.08. The Hall–Kier alpha value is -2.12. The number of hydrogen-bond acceptors (Lipinski definition) is 5. The largest absolute Gasteiger partial charge is 0.366 e. The first-order valence-electron chi connectivity index (χ1n) is 9.71. The van der Waals surface area contributed by atoms with E-state index >= 15 is 0 Å². The molecule has 7 nitrogen and oxygen atoms in total. The second-order valence-corrected chi connectivity index (χ2v) is 7.24. The number of nitrogens with two attached hydrogens (primary N) is 1. The standard InChI is InChI=1S/C19H28N6O/c20-18(26)15-5-3-6-16-17(15)22-19(24-11-4-7-21-8-12-24)25(16)14-13-23-9-1-2-10-23/h3,5-6,21H,1-2,4,7-14H2,(H2,20,26). The molecule has 1 aromatic heterocycles. The summed E-state index contributed by atoms with van der Waals surface area (Å²) in [6.07, 6.45) is 3.68. The van der Waals surface area contributed by atoms with E-state index in [2.05, 4.69) is 25.8 Å². The number of anilines is 1. The van der Waals surface area contributed by atoms with E-state index in [1.54, 1.807) is 6.07 Å². The summed E-state index contributed by atoms with van der Waals surface area (Å²) in [5.41, 5.74) is 7.84. The first-order valence-corrected chi connectivity index (χ1v) is 9.71. The lowest BCUT2D eigenvalue weighted by molar-refractivity contribution is 0.100. The van der Waals surface area contributed by atoms with Crippen LogP contribution in [-0.2, 0) is 6.54 Å². The number of rotatable bonds is 5. The minimum Gasteiger partial charge on any atom is -0.366 e. The predicted molar refractivity (Wildman–Crippen MR) is 104 cm³/mol. The van der Waals surface area contributed by atoms with Gasteiger partial charge in [0.05, 0.1) is 11.1 Å². The van der Waals surface area contributed by atoms with E-state index in [0.29, 0.717) is 5.56 Å². The number of imidazole rings is 1. The average molecular weight is 356 g/mol. The van der Waals surface area contributed by atoms with Crippen molar-refractivity contribution in [1.82, 2.24) is 19.8 Å². The summed E-state index contributed by atoms with van der Waals surface area (Å²) in [5, 5.41) is 3.45. The number of likely N-dealkylation sites (tertiary alicyclic amines) is 1. The number of aromatic nitrogens is 2. The van der Waals surface area contributed by atoms with Crippen LogP contribution < -0.4 is 16.0 Å². The third-order valence-corrected chi connectivity index (χ3v) is 5.49. The maximum atomic E-state index is 11.9. The molecule has 26 heavy (non-hydrogen) atoms. The number of amides is 1. The van der Waals surface area contributed by atoms with Gasteiger partial charge in [-0.2, -0.15) is 0 Å². The quantitative estimate of drug-likeness (QED) is 0.837. The zero-order valence-corrected chi connectivity index (χ0v) is 15.3. The molecule has 2 aliphatic rings. The highest BCUT2D eigenvalue weighted by Crippen LogP contribution is 2.26. The Morgan fingerprint density at radius 2 is 1.92 bits per heavy atom. The minimum absolute atomic E-state index is 0.413. The number of nitrogens with one attached hydrogen (secondary N) is 1. The third kappa shape index (κ3) is 3.41. The smallest absolute Gasteiger partial charge is 0.250 e. The van der Waals surface area contributed by atoms with Crippen molar-refractivity contribution in [2.24, 2.45) is 5.73 Å². The molecule has 0 bridgehead atoms. The average Bonchev–Trinajstić information content (AvgIpc) is 3.19. The Balaban J connectivity index is 1.72. The number of hydrogen-bond donors (Lipinski definition) is 2. The zero-order valence-electron chi connectivity index (χ0n) is 15.3. The summed E-state index contributed by atoms with van der Waals surface area (Å²) in [6, 6.07) is 5.73. The van der Waals surface area contributed by atoms with Gasteiger partial charge in [-0.05, 0) is 51.0 Å². The van der Waals surface area contributed by atoms with E-state index in [0.717, 1.165) is 62.7 Å². The molecule has 3 heterocycles. The van der Waals surface area contributed by atoms with Gasteiger partial charge in [-0.25, -0.2) is 4.98 Å². The lowest BCUT2D eigenvalue weighted by atomic mass is 10.2. The van der Waals surface area contributed by atoms with Crippen LogP contribution in [0.15, 0.2) is 18.2 Å². The number of nitrogens with zero attached hydrogens (tertiary/aromatic N) is 4. The van der Waals surface area contributed by atoms with Gasteiger partial charge in [-0.3, -0.25) is 4.79 Å². The normalized spacial score (nSPS) is 19.2. The molecule has 2 saturated heterocycles. The van der Waals surface area contributed by atoms with Crippen molar-refractivity contribution >= 4 is 22.9 Å². The molecule has 140 valence electrons. The monoisotopic (exact) mass is 356 g/mol. The molecule has 2 fully saturated rings. The molecule has 7 heteroatoms. The van der Waals surface area contributed by atoms with Crippen molar-refractivity contribution in [1.29, 1.82) is 0 Å². The summed E-state index contributed by atoms with van der Waals surface area (Å²) < 4.78 is 2.28. The number of para-hydroxylation sites is 1. The van der Waals surface area contributed by atoms with Crippen molar-refractivity contribution in [2.75, 3.05) is 50.7 Å². The van der Waals surface area contributed by atoms with Gasteiger partial charge in [0, 0.05) is 32.7 Å². The Labute approximate surface area is 154 Å². The predicted octanol–water partition coefficient (Wildman–Crippen LogP) is 1.03. The van der Waals surface area contributed by atoms with Crippen LogP contribution in [0.5, 0.6) is 0 Å². The first-order chi connectivity index (χ1) is 12.7. The van der Waals surface area contributed by atoms with Crippen molar-refractivity contribution < 1.29 is 4.79 Å². The van der Waals surface area contributed by atoms with Crippen LogP contribution in [0, 0.1) is 0 Å². The molecule has 3 N–H and O–H groups in total. The Morgan fingerprint density at radius 1 is 1.08 bits per heavy atom. The lowest BCUT2D eigenvalue weighted by Crippen LogP contribution is -2.31. The molecule has 0 unspecified atom stereocenters. The summed E-state index contributed by atoms with van der Waals surface area (Å²) in [5.74, 6) is 0.556.